The molecular weight excluding hydrogens is 266 g/mol. The minimum atomic E-state index is 0.497. The van der Waals surface area contributed by atoms with E-state index < -0.39 is 0 Å². The molecule has 0 spiro atoms. The lowest BCUT2D eigenvalue weighted by molar-refractivity contribution is 0.648. The third-order valence-electron chi connectivity index (χ3n) is 3.32. The van der Waals surface area contributed by atoms with E-state index in [4.69, 9.17) is 0 Å². The van der Waals surface area contributed by atoms with Crippen LogP contribution < -0.4 is 0 Å². The average molecular weight is 283 g/mol. The van der Waals surface area contributed by atoms with Crippen LogP contribution >= 0.6 is 11.3 Å². The van der Waals surface area contributed by atoms with Gasteiger partial charge in [-0.3, -0.25) is 0 Å². The summed E-state index contributed by atoms with van der Waals surface area (Å²) in [5, 5.41) is 10.6. The van der Waals surface area contributed by atoms with E-state index in [2.05, 4.69) is 53.1 Å². The summed E-state index contributed by atoms with van der Waals surface area (Å²) in [6.07, 6.45) is 2.99. The maximum absolute atomic E-state index is 4.28. The van der Waals surface area contributed by atoms with Crippen molar-refractivity contribution in [2.24, 2.45) is 0 Å². The van der Waals surface area contributed by atoms with Gasteiger partial charge in [0.05, 0.1) is 12.2 Å². The van der Waals surface area contributed by atoms with Crippen LogP contribution in [-0.4, -0.2) is 15.0 Å². The van der Waals surface area contributed by atoms with E-state index in [9.17, 15) is 0 Å². The van der Waals surface area contributed by atoms with Crippen LogP contribution in [0, 0.1) is 0 Å². The molecule has 0 bridgehead atoms. The van der Waals surface area contributed by atoms with Crippen molar-refractivity contribution >= 4 is 11.3 Å². The van der Waals surface area contributed by atoms with Gasteiger partial charge in [-0.05, 0) is 22.9 Å². The molecule has 20 heavy (non-hydrogen) atoms. The van der Waals surface area contributed by atoms with Crippen molar-refractivity contribution in [3.63, 3.8) is 0 Å². The highest BCUT2D eigenvalue weighted by Gasteiger charge is 2.10. The fourth-order valence-corrected chi connectivity index (χ4v) is 3.05. The molecule has 1 atom stereocenters. The Morgan fingerprint density at radius 2 is 2.00 bits per heavy atom. The monoisotopic (exact) mass is 283 g/mol. The van der Waals surface area contributed by atoms with Gasteiger partial charge in [0, 0.05) is 17.5 Å². The first kappa shape index (κ1) is 13.1. The Hall–Kier alpha value is -1.94. The molecule has 0 fully saturated rings. The summed E-state index contributed by atoms with van der Waals surface area (Å²) in [5.74, 6) is 0.497. The smallest absolute Gasteiger partial charge is 0.0833 e. The van der Waals surface area contributed by atoms with Crippen LogP contribution in [0.15, 0.2) is 54.0 Å². The quantitative estimate of drug-likeness (QED) is 0.714. The van der Waals surface area contributed by atoms with Gasteiger partial charge < -0.3 is 0 Å². The normalized spacial score (nSPS) is 12.4. The van der Waals surface area contributed by atoms with Gasteiger partial charge in [-0.25, -0.2) is 4.68 Å². The van der Waals surface area contributed by atoms with Crippen LogP contribution in [0.1, 0.15) is 29.0 Å². The van der Waals surface area contributed by atoms with Gasteiger partial charge in [0.1, 0.15) is 0 Å². The zero-order valence-electron chi connectivity index (χ0n) is 11.4. The van der Waals surface area contributed by atoms with Crippen LogP contribution in [0.2, 0.25) is 0 Å². The van der Waals surface area contributed by atoms with Crippen LogP contribution in [0.3, 0.4) is 0 Å². The van der Waals surface area contributed by atoms with Gasteiger partial charge in [0.2, 0.25) is 0 Å². The lowest BCUT2D eigenvalue weighted by Crippen LogP contribution is -2.00. The van der Waals surface area contributed by atoms with Gasteiger partial charge in [0.15, 0.2) is 0 Å². The highest BCUT2D eigenvalue weighted by molar-refractivity contribution is 7.10. The summed E-state index contributed by atoms with van der Waals surface area (Å²) >= 11 is 1.80. The van der Waals surface area contributed by atoms with E-state index in [1.807, 2.05) is 22.9 Å². The number of nitrogens with zero attached hydrogens (tertiary/aromatic N) is 3. The third-order valence-corrected chi connectivity index (χ3v) is 4.42. The van der Waals surface area contributed by atoms with Crippen LogP contribution in [0.25, 0.3) is 0 Å². The molecule has 102 valence electrons. The highest BCUT2D eigenvalue weighted by atomic mass is 32.1. The van der Waals surface area contributed by atoms with E-state index >= 15 is 0 Å². The molecule has 3 nitrogen and oxygen atoms in total. The van der Waals surface area contributed by atoms with E-state index in [1.165, 1.54) is 10.4 Å². The molecule has 0 aliphatic rings. The Balaban J connectivity index is 1.65. The fourth-order valence-electron chi connectivity index (χ4n) is 2.27. The molecule has 0 saturated carbocycles. The Labute approximate surface area is 122 Å². The minimum absolute atomic E-state index is 0.497. The molecule has 1 aromatic carbocycles. The molecule has 0 radical (unpaired) electrons. The SMILES string of the molecule is CC(Cc1cn(Cc2ccccc2)nn1)c1cccs1. The van der Waals surface area contributed by atoms with E-state index in [1.54, 1.807) is 11.3 Å². The van der Waals surface area contributed by atoms with Crippen molar-refractivity contribution < 1.29 is 0 Å². The van der Waals surface area contributed by atoms with Gasteiger partial charge in [-0.15, -0.1) is 16.4 Å². The number of rotatable bonds is 5. The average Bonchev–Trinajstić information content (AvgIpc) is 3.11. The molecule has 2 aromatic heterocycles. The largest absolute Gasteiger partial charge is 0.248 e. The van der Waals surface area contributed by atoms with Crippen molar-refractivity contribution in [2.45, 2.75) is 25.8 Å². The first-order valence-corrected chi connectivity index (χ1v) is 7.65. The van der Waals surface area contributed by atoms with Gasteiger partial charge >= 0.3 is 0 Å². The molecule has 3 aromatic rings. The van der Waals surface area contributed by atoms with Crippen molar-refractivity contribution in [3.05, 3.63) is 70.2 Å². The Kier molecular flexibility index (Phi) is 3.92. The predicted molar refractivity (Wildman–Crippen MR) is 82.0 cm³/mol. The van der Waals surface area contributed by atoms with Crippen LogP contribution in [-0.2, 0) is 13.0 Å². The molecule has 3 rings (SSSR count). The molecule has 0 amide bonds. The summed E-state index contributed by atoms with van der Waals surface area (Å²) in [6, 6.07) is 14.6. The maximum atomic E-state index is 4.28. The fraction of sp³-hybridized carbons (Fsp3) is 0.250. The van der Waals surface area contributed by atoms with Gasteiger partial charge in [0.25, 0.3) is 0 Å². The molecule has 0 saturated heterocycles. The van der Waals surface area contributed by atoms with E-state index in [-0.39, 0.29) is 0 Å². The number of aromatic nitrogens is 3. The number of benzene rings is 1. The van der Waals surface area contributed by atoms with Crippen molar-refractivity contribution in [3.8, 4) is 0 Å². The first-order valence-electron chi connectivity index (χ1n) is 6.77. The molecule has 4 heteroatoms. The topological polar surface area (TPSA) is 30.7 Å². The summed E-state index contributed by atoms with van der Waals surface area (Å²) in [5.41, 5.74) is 2.30. The summed E-state index contributed by atoms with van der Waals surface area (Å²) < 4.78 is 1.91. The van der Waals surface area contributed by atoms with Gasteiger partial charge in [-0.2, -0.15) is 0 Å². The van der Waals surface area contributed by atoms with Crippen molar-refractivity contribution in [2.75, 3.05) is 0 Å². The Morgan fingerprint density at radius 3 is 2.75 bits per heavy atom. The second kappa shape index (κ2) is 6.01. The molecule has 2 heterocycles. The number of hydrogen-bond acceptors (Lipinski definition) is 3. The van der Waals surface area contributed by atoms with Crippen LogP contribution in [0.5, 0.6) is 0 Å². The summed E-state index contributed by atoms with van der Waals surface area (Å²) in [7, 11) is 0. The summed E-state index contributed by atoms with van der Waals surface area (Å²) in [6.45, 7) is 3.02. The van der Waals surface area contributed by atoms with E-state index in [0.717, 1.165) is 18.7 Å². The van der Waals surface area contributed by atoms with Crippen molar-refractivity contribution in [1.82, 2.24) is 15.0 Å². The lowest BCUT2D eigenvalue weighted by Gasteiger charge is -2.05. The van der Waals surface area contributed by atoms with Gasteiger partial charge in [-0.1, -0.05) is 48.5 Å². The standard InChI is InChI=1S/C16H17N3S/c1-13(16-8-5-9-20-16)10-15-12-19(18-17-15)11-14-6-3-2-4-7-14/h2-9,12-13H,10-11H2,1H3. The Bertz CT molecular complexity index is 643. The lowest BCUT2D eigenvalue weighted by atomic mass is 10.0. The molecular formula is C16H17N3S. The second-order valence-electron chi connectivity index (χ2n) is 5.01. The highest BCUT2D eigenvalue weighted by Crippen LogP contribution is 2.23. The van der Waals surface area contributed by atoms with E-state index in [0.29, 0.717) is 5.92 Å². The zero-order valence-corrected chi connectivity index (χ0v) is 12.3. The number of thiophene rings is 1. The third kappa shape index (κ3) is 3.14. The molecule has 1 unspecified atom stereocenters. The minimum Gasteiger partial charge on any atom is -0.248 e. The summed E-state index contributed by atoms with van der Waals surface area (Å²) in [4.78, 5) is 1.41. The molecule has 0 aliphatic heterocycles. The molecule has 0 aliphatic carbocycles. The van der Waals surface area contributed by atoms with Crippen LogP contribution in [0.4, 0.5) is 0 Å². The maximum Gasteiger partial charge on any atom is 0.0833 e. The zero-order chi connectivity index (χ0) is 13.8. The predicted octanol–water partition coefficient (Wildman–Crippen LogP) is 3.73. The Morgan fingerprint density at radius 1 is 1.15 bits per heavy atom. The molecule has 0 N–H and O–H groups in total. The second-order valence-corrected chi connectivity index (χ2v) is 5.99. The first-order chi connectivity index (χ1) is 9.81. The number of hydrogen-bond donors (Lipinski definition) is 0. The van der Waals surface area contributed by atoms with Crippen molar-refractivity contribution in [1.29, 1.82) is 0 Å².